The molecule has 0 aliphatic carbocycles. The fraction of sp³-hybridized carbons (Fsp3) is 0.0435. The van der Waals surface area contributed by atoms with E-state index in [2.05, 4.69) is 9.98 Å². The summed E-state index contributed by atoms with van der Waals surface area (Å²) in [6.07, 6.45) is 3.08. The molecule has 0 radical (unpaired) electrons. The number of aromatic hydroxyl groups is 2. The van der Waals surface area contributed by atoms with Crippen LogP contribution >= 0.6 is 0 Å². The molecule has 0 aliphatic heterocycles. The van der Waals surface area contributed by atoms with Crippen LogP contribution in [0.3, 0.4) is 0 Å². The number of rotatable bonds is 5. The van der Waals surface area contributed by atoms with E-state index < -0.39 is 0 Å². The molecule has 29 heavy (non-hydrogen) atoms. The molecule has 0 fully saturated rings. The van der Waals surface area contributed by atoms with Crippen LogP contribution in [-0.2, 0) is 0 Å². The first-order valence-electron chi connectivity index (χ1n) is 8.90. The van der Waals surface area contributed by atoms with Crippen LogP contribution in [-0.4, -0.2) is 29.8 Å². The molecule has 0 amide bonds. The van der Waals surface area contributed by atoms with Crippen molar-refractivity contribution in [2.75, 3.05) is 7.11 Å². The summed E-state index contributed by atoms with van der Waals surface area (Å²) >= 11 is 0. The number of hydrogen-bond acceptors (Lipinski definition) is 6. The van der Waals surface area contributed by atoms with Gasteiger partial charge in [-0.15, -0.1) is 0 Å². The number of fused-ring (bicyclic) bond motifs is 1. The van der Waals surface area contributed by atoms with Crippen molar-refractivity contribution in [1.82, 2.24) is 0 Å². The second-order valence-electron chi connectivity index (χ2n) is 6.25. The van der Waals surface area contributed by atoms with E-state index in [-0.39, 0.29) is 17.4 Å². The van der Waals surface area contributed by atoms with Crippen LogP contribution in [0.4, 0.5) is 11.6 Å². The number of phenolic OH excluding ortho intramolecular Hbond substituents is 2. The van der Waals surface area contributed by atoms with Crippen LogP contribution < -0.4 is 4.74 Å². The molecule has 3 aromatic carbocycles. The Bertz CT molecular complexity index is 1220. The molecule has 0 spiro atoms. The Morgan fingerprint density at radius 2 is 1.45 bits per heavy atom. The summed E-state index contributed by atoms with van der Waals surface area (Å²) in [4.78, 5) is 8.92. The standard InChI is InChI=1S/C23H18N2O4/c1-28-17-10-11-18-21(12-17)29-23(25-14-16-7-3-5-9-20(16)27)22(18)24-13-15-6-2-4-8-19(15)26/h2-14,26-27H,1H3. The maximum Gasteiger partial charge on any atom is 0.246 e. The lowest BCUT2D eigenvalue weighted by Gasteiger charge is -1.98. The molecule has 6 heteroatoms. The first-order valence-corrected chi connectivity index (χ1v) is 8.90. The van der Waals surface area contributed by atoms with Crippen molar-refractivity contribution >= 4 is 35.0 Å². The average Bonchev–Trinajstić information content (AvgIpc) is 3.09. The summed E-state index contributed by atoms with van der Waals surface area (Å²) < 4.78 is 11.1. The zero-order valence-electron chi connectivity index (χ0n) is 15.6. The Hall–Kier alpha value is -4.06. The van der Waals surface area contributed by atoms with Gasteiger partial charge in [0, 0.05) is 35.0 Å². The average molecular weight is 386 g/mol. The molecule has 2 N–H and O–H groups in total. The largest absolute Gasteiger partial charge is 0.507 e. The summed E-state index contributed by atoms with van der Waals surface area (Å²) in [7, 11) is 1.58. The Balaban J connectivity index is 1.81. The van der Waals surface area contributed by atoms with Gasteiger partial charge >= 0.3 is 0 Å². The number of nitrogens with zero attached hydrogens (tertiary/aromatic N) is 2. The van der Waals surface area contributed by atoms with Crippen LogP contribution in [0.2, 0.25) is 0 Å². The summed E-state index contributed by atoms with van der Waals surface area (Å²) in [5, 5.41) is 20.7. The third-order valence-corrected chi connectivity index (χ3v) is 4.38. The highest BCUT2D eigenvalue weighted by Crippen LogP contribution is 2.41. The van der Waals surface area contributed by atoms with Gasteiger partial charge in [-0.3, -0.25) is 0 Å². The van der Waals surface area contributed by atoms with Gasteiger partial charge in [0.05, 0.1) is 7.11 Å². The Labute approximate surface area is 167 Å². The van der Waals surface area contributed by atoms with Crippen molar-refractivity contribution in [3.05, 3.63) is 77.9 Å². The van der Waals surface area contributed by atoms with Gasteiger partial charge in [0.1, 0.15) is 28.5 Å². The molecule has 0 saturated carbocycles. The molecule has 0 saturated heterocycles. The predicted molar refractivity (Wildman–Crippen MR) is 113 cm³/mol. The van der Waals surface area contributed by atoms with Gasteiger partial charge in [-0.2, -0.15) is 0 Å². The molecule has 0 aliphatic rings. The van der Waals surface area contributed by atoms with E-state index in [0.29, 0.717) is 28.1 Å². The lowest BCUT2D eigenvalue weighted by molar-refractivity contribution is 0.414. The summed E-state index contributed by atoms with van der Waals surface area (Å²) in [5.74, 6) is 1.18. The number of aliphatic imine (C=N–C) groups is 2. The van der Waals surface area contributed by atoms with E-state index in [1.165, 1.54) is 6.21 Å². The Kier molecular flexibility index (Phi) is 4.99. The number of phenols is 2. The lowest BCUT2D eigenvalue weighted by Crippen LogP contribution is -1.82. The molecule has 4 aromatic rings. The Morgan fingerprint density at radius 3 is 2.07 bits per heavy atom. The number of methoxy groups -OCH3 is 1. The van der Waals surface area contributed by atoms with Crippen molar-refractivity contribution in [1.29, 1.82) is 0 Å². The molecular weight excluding hydrogens is 368 g/mol. The third kappa shape index (κ3) is 3.82. The third-order valence-electron chi connectivity index (χ3n) is 4.38. The quantitative estimate of drug-likeness (QED) is 0.452. The summed E-state index contributed by atoms with van der Waals surface area (Å²) in [6, 6.07) is 19.2. The summed E-state index contributed by atoms with van der Waals surface area (Å²) in [5.41, 5.74) is 2.21. The molecule has 0 bridgehead atoms. The lowest BCUT2D eigenvalue weighted by atomic mass is 10.2. The van der Waals surface area contributed by atoms with Crippen LogP contribution in [0.1, 0.15) is 11.1 Å². The van der Waals surface area contributed by atoms with Gasteiger partial charge < -0.3 is 19.4 Å². The topological polar surface area (TPSA) is 87.5 Å². The van der Waals surface area contributed by atoms with E-state index >= 15 is 0 Å². The molecule has 0 unspecified atom stereocenters. The first kappa shape index (κ1) is 18.3. The number of ether oxygens (including phenoxy) is 1. The fourth-order valence-electron chi connectivity index (χ4n) is 2.85. The first-order chi connectivity index (χ1) is 14.2. The highest BCUT2D eigenvalue weighted by atomic mass is 16.5. The number of hydrogen-bond donors (Lipinski definition) is 2. The van der Waals surface area contributed by atoms with Gasteiger partial charge in [-0.25, -0.2) is 9.98 Å². The maximum absolute atomic E-state index is 9.98. The van der Waals surface area contributed by atoms with E-state index in [1.54, 1.807) is 55.8 Å². The van der Waals surface area contributed by atoms with Crippen molar-refractivity contribution in [2.24, 2.45) is 9.98 Å². The van der Waals surface area contributed by atoms with Crippen LogP contribution in [0, 0.1) is 0 Å². The fourth-order valence-corrected chi connectivity index (χ4v) is 2.85. The number of benzene rings is 3. The predicted octanol–water partition coefficient (Wildman–Crippen LogP) is 5.35. The van der Waals surface area contributed by atoms with Crippen molar-refractivity contribution in [3.8, 4) is 17.2 Å². The van der Waals surface area contributed by atoms with Crippen molar-refractivity contribution in [2.45, 2.75) is 0 Å². The number of para-hydroxylation sites is 2. The van der Waals surface area contributed by atoms with Crippen LogP contribution in [0.5, 0.6) is 17.2 Å². The molecule has 4 rings (SSSR count). The molecule has 6 nitrogen and oxygen atoms in total. The summed E-state index contributed by atoms with van der Waals surface area (Å²) in [6.45, 7) is 0. The maximum atomic E-state index is 9.98. The zero-order valence-corrected chi connectivity index (χ0v) is 15.6. The van der Waals surface area contributed by atoms with E-state index in [1.807, 2.05) is 24.3 Å². The minimum Gasteiger partial charge on any atom is -0.507 e. The van der Waals surface area contributed by atoms with Gasteiger partial charge in [-0.05, 0) is 36.4 Å². The second-order valence-corrected chi connectivity index (χ2v) is 6.25. The monoisotopic (exact) mass is 386 g/mol. The van der Waals surface area contributed by atoms with Crippen molar-refractivity contribution in [3.63, 3.8) is 0 Å². The molecule has 1 heterocycles. The molecular formula is C23H18N2O4. The van der Waals surface area contributed by atoms with E-state index in [0.717, 1.165) is 5.39 Å². The highest BCUT2D eigenvalue weighted by molar-refractivity contribution is 6.00. The van der Waals surface area contributed by atoms with Gasteiger partial charge in [0.2, 0.25) is 5.88 Å². The number of furan rings is 1. The molecule has 1 aromatic heterocycles. The van der Waals surface area contributed by atoms with Crippen LogP contribution in [0.15, 0.2) is 81.1 Å². The van der Waals surface area contributed by atoms with Gasteiger partial charge in [-0.1, -0.05) is 24.3 Å². The minimum atomic E-state index is 0.119. The van der Waals surface area contributed by atoms with Crippen molar-refractivity contribution < 1.29 is 19.4 Å². The van der Waals surface area contributed by atoms with Crippen LogP contribution in [0.25, 0.3) is 11.0 Å². The minimum absolute atomic E-state index is 0.119. The molecule has 144 valence electrons. The van der Waals surface area contributed by atoms with Gasteiger partial charge in [0.15, 0.2) is 0 Å². The SMILES string of the molecule is COc1ccc2c(N=Cc3ccccc3O)c(N=Cc3ccccc3O)oc2c1. The van der Waals surface area contributed by atoms with Gasteiger partial charge in [0.25, 0.3) is 0 Å². The molecule has 0 atom stereocenters. The Morgan fingerprint density at radius 1 is 0.828 bits per heavy atom. The second kappa shape index (κ2) is 7.90. The highest BCUT2D eigenvalue weighted by Gasteiger charge is 2.14. The van der Waals surface area contributed by atoms with E-state index in [9.17, 15) is 10.2 Å². The smallest absolute Gasteiger partial charge is 0.246 e. The normalized spacial score (nSPS) is 11.6. The van der Waals surface area contributed by atoms with E-state index in [4.69, 9.17) is 9.15 Å². The zero-order chi connectivity index (χ0) is 20.2.